The normalized spacial score (nSPS) is 15.1. The standard InChI is InChI=1S/C16H18N2O2S/c1-11-17-10-15(21-11)18-16(19)13-8-4-5-9-14(13)20-12-6-2-3-7-12/h4-5,8-10,12H,2-3,6-7H2,1H3,(H,18,19). The molecule has 1 aliphatic carbocycles. The average molecular weight is 302 g/mol. The number of carbonyl (C=O) groups is 1. The monoisotopic (exact) mass is 302 g/mol. The number of hydrogen-bond donors (Lipinski definition) is 1. The molecular weight excluding hydrogens is 284 g/mol. The largest absolute Gasteiger partial charge is 0.490 e. The van der Waals surface area contributed by atoms with Crippen LogP contribution in [-0.2, 0) is 0 Å². The van der Waals surface area contributed by atoms with E-state index in [0.717, 1.165) is 22.9 Å². The summed E-state index contributed by atoms with van der Waals surface area (Å²) in [5.74, 6) is 0.524. The van der Waals surface area contributed by atoms with Gasteiger partial charge in [0.2, 0.25) is 0 Å². The third kappa shape index (κ3) is 3.42. The first-order chi connectivity index (χ1) is 10.2. The van der Waals surface area contributed by atoms with Crippen molar-refractivity contribution in [2.45, 2.75) is 38.7 Å². The molecular formula is C16H18N2O2S. The molecule has 4 nitrogen and oxygen atoms in total. The van der Waals surface area contributed by atoms with Crippen LogP contribution in [0.2, 0.25) is 0 Å². The maximum Gasteiger partial charge on any atom is 0.260 e. The van der Waals surface area contributed by atoms with Crippen molar-refractivity contribution in [3.63, 3.8) is 0 Å². The molecule has 1 fully saturated rings. The molecule has 0 aliphatic heterocycles. The molecule has 0 unspecified atom stereocenters. The molecule has 0 saturated heterocycles. The summed E-state index contributed by atoms with van der Waals surface area (Å²) in [6.07, 6.45) is 6.48. The van der Waals surface area contributed by atoms with Crippen molar-refractivity contribution in [2.75, 3.05) is 5.32 Å². The van der Waals surface area contributed by atoms with Crippen LogP contribution in [0.3, 0.4) is 0 Å². The molecule has 1 heterocycles. The highest BCUT2D eigenvalue weighted by Gasteiger charge is 2.20. The first kappa shape index (κ1) is 14.1. The molecule has 0 radical (unpaired) electrons. The van der Waals surface area contributed by atoms with E-state index in [9.17, 15) is 4.79 Å². The number of nitrogens with one attached hydrogen (secondary N) is 1. The Bertz CT molecular complexity index is 633. The van der Waals surface area contributed by atoms with Crippen LogP contribution in [0.5, 0.6) is 5.75 Å². The summed E-state index contributed by atoms with van der Waals surface area (Å²) in [5, 5.41) is 4.57. The number of rotatable bonds is 4. The van der Waals surface area contributed by atoms with Crippen LogP contribution < -0.4 is 10.1 Å². The van der Waals surface area contributed by atoms with Gasteiger partial charge in [-0.25, -0.2) is 4.98 Å². The van der Waals surface area contributed by atoms with Crippen molar-refractivity contribution in [3.05, 3.63) is 41.0 Å². The van der Waals surface area contributed by atoms with Gasteiger partial charge in [0.05, 0.1) is 22.9 Å². The number of aryl methyl sites for hydroxylation is 1. The van der Waals surface area contributed by atoms with Gasteiger partial charge in [0, 0.05) is 0 Å². The molecule has 21 heavy (non-hydrogen) atoms. The highest BCUT2D eigenvalue weighted by molar-refractivity contribution is 7.15. The lowest BCUT2D eigenvalue weighted by molar-refractivity contribution is 0.102. The van der Waals surface area contributed by atoms with Gasteiger partial charge in [0.15, 0.2) is 0 Å². The smallest absolute Gasteiger partial charge is 0.260 e. The van der Waals surface area contributed by atoms with E-state index >= 15 is 0 Å². The molecule has 1 aromatic carbocycles. The van der Waals surface area contributed by atoms with Gasteiger partial charge in [-0.2, -0.15) is 0 Å². The van der Waals surface area contributed by atoms with Crippen LogP contribution in [0.15, 0.2) is 30.5 Å². The van der Waals surface area contributed by atoms with Crippen LogP contribution in [0.25, 0.3) is 0 Å². The van der Waals surface area contributed by atoms with Gasteiger partial charge in [-0.1, -0.05) is 12.1 Å². The van der Waals surface area contributed by atoms with Gasteiger partial charge in [-0.15, -0.1) is 11.3 Å². The summed E-state index contributed by atoms with van der Waals surface area (Å²) < 4.78 is 6.00. The Labute approximate surface area is 128 Å². The molecule has 110 valence electrons. The fourth-order valence-corrected chi connectivity index (χ4v) is 3.21. The van der Waals surface area contributed by atoms with Gasteiger partial charge >= 0.3 is 0 Å². The number of nitrogens with zero attached hydrogens (tertiary/aromatic N) is 1. The predicted octanol–water partition coefficient (Wildman–Crippen LogP) is 4.03. The number of hydrogen-bond acceptors (Lipinski definition) is 4. The summed E-state index contributed by atoms with van der Waals surface area (Å²) in [7, 11) is 0. The average Bonchev–Trinajstić information content (AvgIpc) is 3.11. The van der Waals surface area contributed by atoms with E-state index in [1.807, 2.05) is 25.1 Å². The first-order valence-corrected chi connectivity index (χ1v) is 8.03. The molecule has 0 bridgehead atoms. The Balaban J connectivity index is 1.75. The Morgan fingerprint density at radius 3 is 2.81 bits per heavy atom. The fourth-order valence-electron chi connectivity index (χ4n) is 2.54. The molecule has 5 heteroatoms. The lowest BCUT2D eigenvalue weighted by Crippen LogP contribution is -2.16. The number of amides is 1. The zero-order valence-electron chi connectivity index (χ0n) is 12.0. The highest BCUT2D eigenvalue weighted by Crippen LogP contribution is 2.27. The van der Waals surface area contributed by atoms with E-state index in [1.165, 1.54) is 24.2 Å². The number of ether oxygens (including phenoxy) is 1. The molecule has 3 rings (SSSR count). The predicted molar refractivity (Wildman–Crippen MR) is 84.1 cm³/mol. The Hall–Kier alpha value is -1.88. The third-order valence-corrected chi connectivity index (χ3v) is 4.41. The molecule has 0 atom stereocenters. The van der Waals surface area contributed by atoms with Crippen LogP contribution in [-0.4, -0.2) is 17.0 Å². The third-order valence-electron chi connectivity index (χ3n) is 3.59. The molecule has 2 aromatic rings. The van der Waals surface area contributed by atoms with Gasteiger partial charge in [-0.3, -0.25) is 4.79 Å². The van der Waals surface area contributed by atoms with Crippen molar-refractivity contribution in [1.82, 2.24) is 4.98 Å². The van der Waals surface area contributed by atoms with Gasteiger partial charge in [-0.05, 0) is 44.7 Å². The number of carbonyl (C=O) groups excluding carboxylic acids is 1. The number of benzene rings is 1. The fraction of sp³-hybridized carbons (Fsp3) is 0.375. The van der Waals surface area contributed by atoms with Crippen LogP contribution in [0.4, 0.5) is 5.00 Å². The summed E-state index contributed by atoms with van der Waals surface area (Å²) in [5.41, 5.74) is 0.579. The molecule has 1 amide bonds. The van der Waals surface area contributed by atoms with Crippen molar-refractivity contribution < 1.29 is 9.53 Å². The van der Waals surface area contributed by atoms with Crippen LogP contribution in [0.1, 0.15) is 41.0 Å². The second-order valence-corrected chi connectivity index (χ2v) is 6.45. The molecule has 1 aliphatic rings. The van der Waals surface area contributed by atoms with E-state index in [2.05, 4.69) is 10.3 Å². The second-order valence-electron chi connectivity index (χ2n) is 5.22. The lowest BCUT2D eigenvalue weighted by atomic mass is 10.2. The minimum Gasteiger partial charge on any atom is -0.490 e. The first-order valence-electron chi connectivity index (χ1n) is 7.22. The number of anilines is 1. The van der Waals surface area contributed by atoms with Crippen LogP contribution >= 0.6 is 11.3 Å². The summed E-state index contributed by atoms with van der Waals surface area (Å²) >= 11 is 1.47. The summed E-state index contributed by atoms with van der Waals surface area (Å²) in [6, 6.07) is 7.42. The molecule has 1 saturated carbocycles. The van der Waals surface area contributed by atoms with E-state index in [-0.39, 0.29) is 12.0 Å². The maximum atomic E-state index is 12.4. The van der Waals surface area contributed by atoms with E-state index in [1.54, 1.807) is 12.3 Å². The Morgan fingerprint density at radius 1 is 1.33 bits per heavy atom. The van der Waals surface area contributed by atoms with Crippen molar-refractivity contribution in [3.8, 4) is 5.75 Å². The van der Waals surface area contributed by atoms with Crippen molar-refractivity contribution in [2.24, 2.45) is 0 Å². The topological polar surface area (TPSA) is 51.2 Å². The molecule has 0 spiro atoms. The summed E-state index contributed by atoms with van der Waals surface area (Å²) in [4.78, 5) is 16.5. The Kier molecular flexibility index (Phi) is 4.20. The van der Waals surface area contributed by atoms with E-state index < -0.39 is 0 Å². The molecule has 1 N–H and O–H groups in total. The number of thiazole rings is 1. The van der Waals surface area contributed by atoms with Gasteiger partial charge in [0.25, 0.3) is 5.91 Å². The quantitative estimate of drug-likeness (QED) is 0.928. The van der Waals surface area contributed by atoms with E-state index in [4.69, 9.17) is 4.74 Å². The number of aromatic nitrogens is 1. The SMILES string of the molecule is Cc1ncc(NC(=O)c2ccccc2OC2CCCC2)s1. The highest BCUT2D eigenvalue weighted by atomic mass is 32.1. The zero-order valence-corrected chi connectivity index (χ0v) is 12.8. The zero-order chi connectivity index (χ0) is 14.7. The van der Waals surface area contributed by atoms with Gasteiger partial charge in [0.1, 0.15) is 10.8 Å². The number of para-hydroxylation sites is 1. The van der Waals surface area contributed by atoms with E-state index in [0.29, 0.717) is 11.3 Å². The van der Waals surface area contributed by atoms with Crippen molar-refractivity contribution in [1.29, 1.82) is 0 Å². The van der Waals surface area contributed by atoms with Gasteiger partial charge < -0.3 is 10.1 Å². The Morgan fingerprint density at radius 2 is 2.10 bits per heavy atom. The van der Waals surface area contributed by atoms with Crippen molar-refractivity contribution >= 4 is 22.2 Å². The minimum absolute atomic E-state index is 0.146. The maximum absolute atomic E-state index is 12.4. The second kappa shape index (κ2) is 6.26. The molecule has 1 aromatic heterocycles. The van der Waals surface area contributed by atoms with Crippen LogP contribution in [0, 0.1) is 6.92 Å². The summed E-state index contributed by atoms with van der Waals surface area (Å²) in [6.45, 7) is 1.91. The lowest BCUT2D eigenvalue weighted by Gasteiger charge is -2.15. The minimum atomic E-state index is -0.146.